The molecule has 0 aliphatic rings. The van der Waals surface area contributed by atoms with E-state index in [2.05, 4.69) is 0 Å². The Balaban J connectivity index is 3.21. The second-order valence-electron chi connectivity index (χ2n) is 4.96. The number of aryl methyl sites for hydroxylation is 1. The highest BCUT2D eigenvalue weighted by Gasteiger charge is 2.31. The van der Waals surface area contributed by atoms with E-state index < -0.39 is 5.41 Å². The van der Waals surface area contributed by atoms with Gasteiger partial charge in [0.25, 0.3) is 0 Å². The molecule has 0 amide bonds. The first-order valence-corrected chi connectivity index (χ1v) is 6.11. The quantitative estimate of drug-likeness (QED) is 0.560. The number of ketones is 1. The van der Waals surface area contributed by atoms with Crippen molar-refractivity contribution in [1.29, 1.82) is 0 Å². The van der Waals surface area contributed by atoms with E-state index in [0.717, 1.165) is 11.8 Å². The molecule has 0 saturated carbocycles. The smallest absolute Gasteiger partial charge is 0.188 e. The van der Waals surface area contributed by atoms with Crippen LogP contribution >= 0.6 is 0 Å². The number of rotatable bonds is 7. The van der Waals surface area contributed by atoms with Gasteiger partial charge in [0.15, 0.2) is 6.79 Å². The minimum absolute atomic E-state index is 0.0344. The maximum atomic E-state index is 11.4. The van der Waals surface area contributed by atoms with Crippen molar-refractivity contribution >= 4 is 12.1 Å². The molecule has 1 atom stereocenters. The van der Waals surface area contributed by atoms with Gasteiger partial charge in [0.2, 0.25) is 0 Å². The molecule has 1 rings (SSSR count). The lowest BCUT2D eigenvalue weighted by molar-refractivity contribution is -0.122. The number of hydrogen-bond acceptors (Lipinski definition) is 4. The summed E-state index contributed by atoms with van der Waals surface area (Å²) >= 11 is 0. The molecule has 0 spiro atoms. The van der Waals surface area contributed by atoms with Gasteiger partial charge in [0.05, 0.1) is 5.41 Å². The SMILES string of the molecule is COCOc1cc(C)ccc1[C@](C)(C=O)CC(C)=O. The predicted molar refractivity (Wildman–Crippen MR) is 72.4 cm³/mol. The van der Waals surface area contributed by atoms with Crippen LogP contribution in [-0.4, -0.2) is 26.0 Å². The topological polar surface area (TPSA) is 52.6 Å². The molecule has 0 aliphatic heterocycles. The summed E-state index contributed by atoms with van der Waals surface area (Å²) in [6, 6.07) is 5.57. The first-order chi connectivity index (χ1) is 8.92. The standard InChI is InChI=1S/C15H20O4/c1-11-5-6-13(14(7-11)19-10-18-4)15(3,9-16)8-12(2)17/h5-7,9H,8,10H2,1-4H3/t15-/m0/s1. The Morgan fingerprint density at radius 2 is 2.11 bits per heavy atom. The van der Waals surface area contributed by atoms with Gasteiger partial charge in [-0.2, -0.15) is 0 Å². The van der Waals surface area contributed by atoms with Gasteiger partial charge < -0.3 is 14.3 Å². The second-order valence-corrected chi connectivity index (χ2v) is 4.96. The minimum atomic E-state index is -0.872. The lowest BCUT2D eigenvalue weighted by Crippen LogP contribution is -2.27. The zero-order valence-electron chi connectivity index (χ0n) is 11.9. The van der Waals surface area contributed by atoms with Crippen LogP contribution in [0.15, 0.2) is 18.2 Å². The van der Waals surface area contributed by atoms with Crippen molar-refractivity contribution in [3.63, 3.8) is 0 Å². The molecular weight excluding hydrogens is 244 g/mol. The summed E-state index contributed by atoms with van der Waals surface area (Å²) in [6.07, 6.45) is 0.960. The van der Waals surface area contributed by atoms with Crippen LogP contribution < -0.4 is 4.74 Å². The van der Waals surface area contributed by atoms with Crippen molar-refractivity contribution in [2.24, 2.45) is 0 Å². The van der Waals surface area contributed by atoms with E-state index >= 15 is 0 Å². The summed E-state index contributed by atoms with van der Waals surface area (Å²) in [6.45, 7) is 5.26. The fraction of sp³-hybridized carbons (Fsp3) is 0.467. The van der Waals surface area contributed by atoms with E-state index in [1.54, 1.807) is 6.92 Å². The van der Waals surface area contributed by atoms with Crippen LogP contribution in [-0.2, 0) is 19.7 Å². The maximum absolute atomic E-state index is 11.4. The highest BCUT2D eigenvalue weighted by molar-refractivity contribution is 5.84. The van der Waals surface area contributed by atoms with Crippen molar-refractivity contribution in [3.05, 3.63) is 29.3 Å². The number of carbonyl (C=O) groups excluding carboxylic acids is 2. The van der Waals surface area contributed by atoms with Gasteiger partial charge in [-0.1, -0.05) is 12.1 Å². The molecule has 0 heterocycles. The summed E-state index contributed by atoms with van der Waals surface area (Å²) in [4.78, 5) is 22.8. The number of ether oxygens (including phenoxy) is 2. The Hall–Kier alpha value is -1.68. The summed E-state index contributed by atoms with van der Waals surface area (Å²) in [5.74, 6) is 0.547. The highest BCUT2D eigenvalue weighted by Crippen LogP contribution is 2.34. The molecule has 4 nitrogen and oxygen atoms in total. The molecule has 0 aromatic heterocycles. The highest BCUT2D eigenvalue weighted by atomic mass is 16.7. The van der Waals surface area contributed by atoms with Gasteiger partial charge in [0, 0.05) is 19.1 Å². The molecule has 0 radical (unpaired) electrons. The van der Waals surface area contributed by atoms with Crippen LogP contribution in [0, 0.1) is 6.92 Å². The molecule has 19 heavy (non-hydrogen) atoms. The Bertz CT molecular complexity index is 467. The van der Waals surface area contributed by atoms with Gasteiger partial charge in [0.1, 0.15) is 17.8 Å². The van der Waals surface area contributed by atoms with Gasteiger partial charge in [-0.05, 0) is 32.4 Å². The van der Waals surface area contributed by atoms with Gasteiger partial charge >= 0.3 is 0 Å². The summed E-state index contributed by atoms with van der Waals surface area (Å²) in [7, 11) is 1.53. The number of methoxy groups -OCH3 is 1. The third-order valence-corrected chi connectivity index (χ3v) is 2.96. The lowest BCUT2D eigenvalue weighted by Gasteiger charge is -2.25. The Morgan fingerprint density at radius 1 is 1.42 bits per heavy atom. The number of carbonyl (C=O) groups is 2. The Morgan fingerprint density at radius 3 is 2.63 bits per heavy atom. The summed E-state index contributed by atoms with van der Waals surface area (Å²) in [5, 5.41) is 0. The molecule has 0 fully saturated rings. The van der Waals surface area contributed by atoms with Crippen LogP contribution in [0.1, 0.15) is 31.4 Å². The average molecular weight is 264 g/mol. The number of aldehydes is 1. The van der Waals surface area contributed by atoms with Crippen LogP contribution in [0.4, 0.5) is 0 Å². The van der Waals surface area contributed by atoms with Crippen LogP contribution in [0.25, 0.3) is 0 Å². The van der Waals surface area contributed by atoms with E-state index in [9.17, 15) is 9.59 Å². The first kappa shape index (κ1) is 15.4. The zero-order chi connectivity index (χ0) is 14.5. The fourth-order valence-electron chi connectivity index (χ4n) is 2.06. The van der Waals surface area contributed by atoms with E-state index in [0.29, 0.717) is 11.3 Å². The molecular formula is C15H20O4. The predicted octanol–water partition coefficient (Wildman–Crippen LogP) is 2.41. The molecule has 0 N–H and O–H groups in total. The van der Waals surface area contributed by atoms with Gasteiger partial charge in [-0.25, -0.2) is 0 Å². The van der Waals surface area contributed by atoms with Gasteiger partial charge in [-0.15, -0.1) is 0 Å². The molecule has 1 aromatic rings. The summed E-state index contributed by atoms with van der Waals surface area (Å²) in [5.41, 5.74) is 0.856. The van der Waals surface area contributed by atoms with Crippen molar-refractivity contribution in [3.8, 4) is 5.75 Å². The number of benzene rings is 1. The first-order valence-electron chi connectivity index (χ1n) is 6.11. The van der Waals surface area contributed by atoms with Crippen molar-refractivity contribution in [2.75, 3.05) is 13.9 Å². The van der Waals surface area contributed by atoms with Crippen LogP contribution in [0.5, 0.6) is 5.75 Å². The number of hydrogen-bond donors (Lipinski definition) is 0. The van der Waals surface area contributed by atoms with Crippen molar-refractivity contribution in [1.82, 2.24) is 0 Å². The largest absolute Gasteiger partial charge is 0.467 e. The lowest BCUT2D eigenvalue weighted by atomic mass is 9.79. The molecule has 0 saturated heterocycles. The normalized spacial score (nSPS) is 13.7. The molecule has 0 aliphatic carbocycles. The van der Waals surface area contributed by atoms with Crippen LogP contribution in [0.3, 0.4) is 0 Å². The third kappa shape index (κ3) is 3.89. The molecule has 0 unspecified atom stereocenters. The van der Waals surface area contributed by atoms with Gasteiger partial charge in [-0.3, -0.25) is 4.79 Å². The fourth-order valence-corrected chi connectivity index (χ4v) is 2.06. The molecule has 4 heteroatoms. The molecule has 104 valence electrons. The van der Waals surface area contributed by atoms with Crippen molar-refractivity contribution in [2.45, 2.75) is 32.6 Å². The Kier molecular flexibility index (Phi) is 5.24. The van der Waals surface area contributed by atoms with E-state index in [4.69, 9.17) is 9.47 Å². The zero-order valence-corrected chi connectivity index (χ0v) is 11.9. The molecule has 1 aromatic carbocycles. The monoisotopic (exact) mass is 264 g/mol. The molecule has 0 bridgehead atoms. The van der Waals surface area contributed by atoms with E-state index in [1.165, 1.54) is 14.0 Å². The summed E-state index contributed by atoms with van der Waals surface area (Å²) < 4.78 is 10.4. The minimum Gasteiger partial charge on any atom is -0.467 e. The number of Topliss-reactive ketones (excluding diaryl/α,β-unsaturated/α-hetero) is 1. The van der Waals surface area contributed by atoms with Crippen molar-refractivity contribution < 1.29 is 19.1 Å². The van der Waals surface area contributed by atoms with E-state index in [-0.39, 0.29) is 19.0 Å². The van der Waals surface area contributed by atoms with Crippen LogP contribution in [0.2, 0.25) is 0 Å². The average Bonchev–Trinajstić information content (AvgIpc) is 2.35. The third-order valence-electron chi connectivity index (χ3n) is 2.96. The second kappa shape index (κ2) is 6.48. The Labute approximate surface area is 113 Å². The van der Waals surface area contributed by atoms with E-state index in [1.807, 2.05) is 25.1 Å². The maximum Gasteiger partial charge on any atom is 0.188 e.